The zero-order chi connectivity index (χ0) is 36.2. The third-order valence-electron chi connectivity index (χ3n) is 11.5. The molecule has 256 valence electrons. The van der Waals surface area contributed by atoms with E-state index in [0.29, 0.717) is 0 Å². The molecule has 0 spiro atoms. The largest absolute Gasteiger partial charge is 0.311 e. The Morgan fingerprint density at radius 2 is 0.852 bits per heavy atom. The van der Waals surface area contributed by atoms with Gasteiger partial charge in [0.2, 0.25) is 0 Å². The molecule has 54 heavy (non-hydrogen) atoms. The van der Waals surface area contributed by atoms with Crippen molar-refractivity contribution in [2.45, 2.75) is 19.3 Å². The number of hydrogen-bond acceptors (Lipinski definition) is 1. The van der Waals surface area contributed by atoms with Crippen LogP contribution in [0.1, 0.15) is 25.0 Å². The van der Waals surface area contributed by atoms with Gasteiger partial charge >= 0.3 is 0 Å². The molecule has 0 radical (unpaired) electrons. The van der Waals surface area contributed by atoms with Gasteiger partial charge in [0.25, 0.3) is 0 Å². The van der Waals surface area contributed by atoms with Gasteiger partial charge in [-0.05, 0) is 132 Å². The van der Waals surface area contributed by atoms with E-state index in [1.165, 1.54) is 77.2 Å². The minimum absolute atomic E-state index is 0.0242. The van der Waals surface area contributed by atoms with Crippen molar-refractivity contribution in [1.29, 1.82) is 0 Å². The van der Waals surface area contributed by atoms with E-state index < -0.39 is 0 Å². The van der Waals surface area contributed by atoms with Crippen LogP contribution in [0.4, 0.5) is 17.1 Å². The lowest BCUT2D eigenvalue weighted by Crippen LogP contribution is -2.14. The van der Waals surface area contributed by atoms with Crippen molar-refractivity contribution in [1.82, 2.24) is 0 Å². The number of fused-ring (bicyclic) bond motifs is 6. The van der Waals surface area contributed by atoms with Crippen LogP contribution < -0.4 is 4.90 Å². The average Bonchev–Trinajstić information content (AvgIpc) is 3.47. The summed E-state index contributed by atoms with van der Waals surface area (Å²) in [6, 6.07) is 73.3. The van der Waals surface area contributed by atoms with Gasteiger partial charge in [0.15, 0.2) is 0 Å². The maximum atomic E-state index is 2.40. The Hall–Kier alpha value is -6.70. The summed E-state index contributed by atoms with van der Waals surface area (Å²) in [4.78, 5) is 2.34. The molecule has 0 aromatic heterocycles. The Morgan fingerprint density at radius 1 is 0.315 bits per heavy atom. The molecule has 0 fully saturated rings. The minimum atomic E-state index is -0.0242. The molecule has 1 aliphatic rings. The molecule has 0 saturated carbocycles. The van der Waals surface area contributed by atoms with Crippen LogP contribution in [0, 0.1) is 0 Å². The highest BCUT2D eigenvalue weighted by Crippen LogP contribution is 2.49. The molecule has 0 amide bonds. The lowest BCUT2D eigenvalue weighted by Gasteiger charge is -2.26. The maximum absolute atomic E-state index is 2.40. The molecule has 1 nitrogen and oxygen atoms in total. The summed E-state index contributed by atoms with van der Waals surface area (Å²) in [5.74, 6) is 0. The second-order valence-electron chi connectivity index (χ2n) is 15.0. The van der Waals surface area contributed by atoms with Gasteiger partial charge in [-0.1, -0.05) is 159 Å². The molecule has 9 aromatic rings. The predicted molar refractivity (Wildman–Crippen MR) is 230 cm³/mol. The normalized spacial score (nSPS) is 12.8. The molecule has 1 heteroatoms. The molecule has 0 N–H and O–H groups in total. The van der Waals surface area contributed by atoms with Crippen LogP contribution >= 0.6 is 0 Å². The highest BCUT2D eigenvalue weighted by molar-refractivity contribution is 6.14. The molecule has 1 aliphatic carbocycles. The molecule has 10 rings (SSSR count). The first kappa shape index (κ1) is 32.0. The van der Waals surface area contributed by atoms with Gasteiger partial charge < -0.3 is 4.90 Å². The minimum Gasteiger partial charge on any atom is -0.311 e. The maximum Gasteiger partial charge on any atom is 0.0462 e. The Kier molecular flexibility index (Phi) is 7.56. The van der Waals surface area contributed by atoms with Crippen LogP contribution in [-0.2, 0) is 5.41 Å². The second kappa shape index (κ2) is 12.8. The quantitative estimate of drug-likeness (QED) is 0.157. The first-order valence-electron chi connectivity index (χ1n) is 18.8. The summed E-state index contributed by atoms with van der Waals surface area (Å²) in [6.45, 7) is 4.69. The SMILES string of the molecule is CC1(C)c2ccccc2-c2ccc(-c3ccc(N(c4ccccc4)c4ccc(-c5ccc6c(c5)c(-c5ccccc5)cc5ccccc56)cc4)cc3)cc21. The fourth-order valence-electron chi connectivity index (χ4n) is 8.65. The molecular weight excluding hydrogens is 651 g/mol. The van der Waals surface area contributed by atoms with E-state index >= 15 is 0 Å². The predicted octanol–water partition coefficient (Wildman–Crippen LogP) is 14.8. The van der Waals surface area contributed by atoms with Crippen molar-refractivity contribution in [3.8, 4) is 44.5 Å². The number of rotatable bonds is 6. The summed E-state index contributed by atoms with van der Waals surface area (Å²) in [5, 5.41) is 5.09. The van der Waals surface area contributed by atoms with Gasteiger partial charge in [-0.3, -0.25) is 0 Å². The van der Waals surface area contributed by atoms with E-state index in [1.54, 1.807) is 0 Å². The molecule has 0 aliphatic heterocycles. The van der Waals surface area contributed by atoms with Gasteiger partial charge in [0, 0.05) is 22.5 Å². The third-order valence-corrected chi connectivity index (χ3v) is 11.5. The fourth-order valence-corrected chi connectivity index (χ4v) is 8.65. The number of para-hydroxylation sites is 1. The van der Waals surface area contributed by atoms with Crippen molar-refractivity contribution in [3.63, 3.8) is 0 Å². The summed E-state index contributed by atoms with van der Waals surface area (Å²) in [6.07, 6.45) is 0. The van der Waals surface area contributed by atoms with Crippen LogP contribution in [0.5, 0.6) is 0 Å². The van der Waals surface area contributed by atoms with Crippen molar-refractivity contribution in [2.75, 3.05) is 4.90 Å². The van der Waals surface area contributed by atoms with Gasteiger partial charge in [0.05, 0.1) is 0 Å². The van der Waals surface area contributed by atoms with Crippen molar-refractivity contribution in [2.24, 2.45) is 0 Å². The zero-order valence-corrected chi connectivity index (χ0v) is 30.5. The third kappa shape index (κ3) is 5.32. The summed E-state index contributed by atoms with van der Waals surface area (Å²) in [7, 11) is 0. The van der Waals surface area contributed by atoms with E-state index in [9.17, 15) is 0 Å². The Balaban J connectivity index is 1.00. The van der Waals surface area contributed by atoms with Crippen LogP contribution in [0.2, 0.25) is 0 Å². The summed E-state index contributed by atoms with van der Waals surface area (Å²) in [5.41, 5.74) is 16.2. The topological polar surface area (TPSA) is 3.24 Å². The van der Waals surface area contributed by atoms with Gasteiger partial charge in [-0.2, -0.15) is 0 Å². The first-order chi connectivity index (χ1) is 26.5. The smallest absolute Gasteiger partial charge is 0.0462 e. The van der Waals surface area contributed by atoms with Crippen LogP contribution in [-0.4, -0.2) is 0 Å². The van der Waals surface area contributed by atoms with Crippen molar-refractivity contribution >= 4 is 38.6 Å². The Bertz CT molecular complexity index is 2810. The molecule has 0 atom stereocenters. The Labute approximate surface area is 317 Å². The summed E-state index contributed by atoms with van der Waals surface area (Å²) >= 11 is 0. The van der Waals surface area contributed by atoms with Gasteiger partial charge in [0.1, 0.15) is 0 Å². The molecular formula is C53H39N. The second-order valence-corrected chi connectivity index (χ2v) is 15.0. The molecule has 0 saturated heterocycles. The van der Waals surface area contributed by atoms with Crippen molar-refractivity contribution in [3.05, 3.63) is 211 Å². The number of benzene rings is 9. The highest BCUT2D eigenvalue weighted by atomic mass is 15.1. The van der Waals surface area contributed by atoms with Crippen LogP contribution in [0.3, 0.4) is 0 Å². The van der Waals surface area contributed by atoms with Crippen LogP contribution in [0.25, 0.3) is 66.1 Å². The Morgan fingerprint density at radius 3 is 1.57 bits per heavy atom. The highest BCUT2D eigenvalue weighted by Gasteiger charge is 2.35. The number of anilines is 3. The zero-order valence-electron chi connectivity index (χ0n) is 30.5. The van der Waals surface area contributed by atoms with Gasteiger partial charge in [-0.15, -0.1) is 0 Å². The fraction of sp³-hybridized carbons (Fsp3) is 0.0566. The first-order valence-corrected chi connectivity index (χ1v) is 18.8. The molecule has 9 aromatic carbocycles. The lowest BCUT2D eigenvalue weighted by atomic mass is 9.81. The van der Waals surface area contributed by atoms with E-state index in [4.69, 9.17) is 0 Å². The standard InChI is InChI=1S/C53H39N/c1-53(2)51-20-12-11-19-47(51)48-32-26-40(35-52(48)53)37-23-29-44(30-24-37)54(42-16-7-4-8-17-42)43-27-21-36(22-28-43)39-25-31-46-45-18-10-9-15-41(45)34-49(50(46)33-39)38-13-5-3-6-14-38/h3-35H,1-2H3. The van der Waals surface area contributed by atoms with Crippen molar-refractivity contribution < 1.29 is 0 Å². The van der Waals surface area contributed by atoms with E-state index in [2.05, 4.69) is 219 Å². The molecule has 0 bridgehead atoms. The average molecular weight is 690 g/mol. The number of nitrogens with zero attached hydrogens (tertiary/aromatic N) is 1. The molecule has 0 unspecified atom stereocenters. The van der Waals surface area contributed by atoms with E-state index in [-0.39, 0.29) is 5.41 Å². The lowest BCUT2D eigenvalue weighted by molar-refractivity contribution is 0.660. The van der Waals surface area contributed by atoms with E-state index in [1.807, 2.05) is 0 Å². The monoisotopic (exact) mass is 689 g/mol. The molecule has 0 heterocycles. The summed E-state index contributed by atoms with van der Waals surface area (Å²) < 4.78 is 0. The van der Waals surface area contributed by atoms with Crippen LogP contribution in [0.15, 0.2) is 200 Å². The number of hydrogen-bond donors (Lipinski definition) is 0. The van der Waals surface area contributed by atoms with E-state index in [0.717, 1.165) is 17.1 Å². The van der Waals surface area contributed by atoms with Gasteiger partial charge in [-0.25, -0.2) is 0 Å².